The standard InChI is InChI=1S/C20H26N4O2/c1-15-3-5-16(6-4-15)18(24-9-11-26-12-10-24)14-23-20(25)17-7-8-22-19(13-17)21-2/h3-8,13,18H,9-12,14H2,1-2H3,(H,21,22)(H,23,25)/t18-/m0/s1. The highest BCUT2D eigenvalue weighted by Crippen LogP contribution is 2.22. The first-order valence-corrected chi connectivity index (χ1v) is 8.98. The van der Waals surface area contributed by atoms with E-state index in [2.05, 4.69) is 51.7 Å². The normalized spacial score (nSPS) is 16.1. The molecule has 0 spiro atoms. The zero-order valence-corrected chi connectivity index (χ0v) is 15.4. The molecule has 6 nitrogen and oxygen atoms in total. The molecule has 0 radical (unpaired) electrons. The van der Waals surface area contributed by atoms with Gasteiger partial charge in [-0.3, -0.25) is 9.69 Å². The van der Waals surface area contributed by atoms with Crippen LogP contribution in [0.15, 0.2) is 42.6 Å². The lowest BCUT2D eigenvalue weighted by molar-refractivity contribution is 0.0162. The van der Waals surface area contributed by atoms with Gasteiger partial charge in [0.15, 0.2) is 0 Å². The minimum Gasteiger partial charge on any atom is -0.379 e. The van der Waals surface area contributed by atoms with Crippen LogP contribution in [0.1, 0.15) is 27.5 Å². The van der Waals surface area contributed by atoms with Crippen LogP contribution in [0.25, 0.3) is 0 Å². The Morgan fingerprint density at radius 2 is 1.96 bits per heavy atom. The highest BCUT2D eigenvalue weighted by atomic mass is 16.5. The third-order valence-electron chi connectivity index (χ3n) is 4.68. The summed E-state index contributed by atoms with van der Waals surface area (Å²) in [5, 5.41) is 6.04. The van der Waals surface area contributed by atoms with Crippen LogP contribution in [0.2, 0.25) is 0 Å². The highest BCUT2D eigenvalue weighted by molar-refractivity contribution is 5.94. The van der Waals surface area contributed by atoms with Gasteiger partial charge in [-0.15, -0.1) is 0 Å². The lowest BCUT2D eigenvalue weighted by atomic mass is 10.0. The van der Waals surface area contributed by atoms with Crippen molar-refractivity contribution >= 4 is 11.7 Å². The quantitative estimate of drug-likeness (QED) is 0.833. The second-order valence-corrected chi connectivity index (χ2v) is 6.46. The van der Waals surface area contributed by atoms with Crippen molar-refractivity contribution in [3.63, 3.8) is 0 Å². The maximum atomic E-state index is 12.6. The number of hydrogen-bond donors (Lipinski definition) is 2. The maximum absolute atomic E-state index is 12.6. The number of carbonyl (C=O) groups excluding carboxylic acids is 1. The maximum Gasteiger partial charge on any atom is 0.251 e. The Labute approximate surface area is 154 Å². The van der Waals surface area contributed by atoms with Gasteiger partial charge in [0.25, 0.3) is 5.91 Å². The average Bonchev–Trinajstić information content (AvgIpc) is 2.70. The van der Waals surface area contributed by atoms with Crippen LogP contribution < -0.4 is 10.6 Å². The van der Waals surface area contributed by atoms with Gasteiger partial charge in [-0.05, 0) is 24.6 Å². The number of amides is 1. The molecule has 0 saturated carbocycles. The molecule has 1 aliphatic rings. The van der Waals surface area contributed by atoms with Gasteiger partial charge in [0.2, 0.25) is 0 Å². The van der Waals surface area contributed by atoms with Crippen LogP contribution >= 0.6 is 0 Å². The summed E-state index contributed by atoms with van der Waals surface area (Å²) in [5.41, 5.74) is 3.05. The number of nitrogens with zero attached hydrogens (tertiary/aromatic N) is 2. The number of aryl methyl sites for hydroxylation is 1. The molecule has 1 aromatic carbocycles. The molecule has 1 fully saturated rings. The second kappa shape index (κ2) is 8.78. The van der Waals surface area contributed by atoms with Crippen molar-refractivity contribution in [1.82, 2.24) is 15.2 Å². The molecular weight excluding hydrogens is 328 g/mol. The summed E-state index contributed by atoms with van der Waals surface area (Å²) in [7, 11) is 1.79. The third-order valence-corrected chi connectivity index (χ3v) is 4.68. The number of hydrogen-bond acceptors (Lipinski definition) is 5. The zero-order valence-electron chi connectivity index (χ0n) is 15.4. The van der Waals surface area contributed by atoms with Crippen molar-refractivity contribution in [2.24, 2.45) is 0 Å². The van der Waals surface area contributed by atoms with E-state index in [9.17, 15) is 4.79 Å². The first-order chi connectivity index (χ1) is 12.7. The van der Waals surface area contributed by atoms with Crippen LogP contribution in [-0.2, 0) is 4.74 Å². The molecule has 2 heterocycles. The topological polar surface area (TPSA) is 66.5 Å². The third kappa shape index (κ3) is 4.59. The molecule has 2 N–H and O–H groups in total. The van der Waals surface area contributed by atoms with Gasteiger partial charge >= 0.3 is 0 Å². The molecule has 1 amide bonds. The molecule has 1 aliphatic heterocycles. The molecular formula is C20H26N4O2. The van der Waals surface area contributed by atoms with Crippen LogP contribution in [0, 0.1) is 6.92 Å². The first-order valence-electron chi connectivity index (χ1n) is 8.98. The summed E-state index contributed by atoms with van der Waals surface area (Å²) >= 11 is 0. The average molecular weight is 354 g/mol. The van der Waals surface area contributed by atoms with E-state index in [0.717, 1.165) is 26.3 Å². The molecule has 1 aromatic heterocycles. The van der Waals surface area contributed by atoms with Gasteiger partial charge in [0.1, 0.15) is 5.82 Å². The van der Waals surface area contributed by atoms with Crippen molar-refractivity contribution in [3.05, 3.63) is 59.3 Å². The molecule has 1 atom stereocenters. The Morgan fingerprint density at radius 1 is 1.23 bits per heavy atom. The molecule has 26 heavy (non-hydrogen) atoms. The number of benzene rings is 1. The predicted molar refractivity (Wildman–Crippen MR) is 102 cm³/mol. The number of anilines is 1. The molecule has 6 heteroatoms. The minimum atomic E-state index is -0.0886. The van der Waals surface area contributed by atoms with E-state index in [-0.39, 0.29) is 11.9 Å². The van der Waals surface area contributed by atoms with Crippen LogP contribution in [-0.4, -0.2) is 55.7 Å². The van der Waals surface area contributed by atoms with E-state index in [1.54, 1.807) is 25.4 Å². The van der Waals surface area contributed by atoms with E-state index < -0.39 is 0 Å². The van der Waals surface area contributed by atoms with Crippen LogP contribution in [0.5, 0.6) is 0 Å². The molecule has 138 valence electrons. The Kier molecular flexibility index (Phi) is 6.20. The number of rotatable bonds is 6. The predicted octanol–water partition coefficient (Wildman–Crippen LogP) is 2.24. The SMILES string of the molecule is CNc1cc(C(=O)NC[C@@H](c2ccc(C)cc2)N2CCOCC2)ccn1. The Hall–Kier alpha value is -2.44. The molecule has 2 aromatic rings. The van der Waals surface area contributed by atoms with E-state index in [1.807, 2.05) is 0 Å². The Morgan fingerprint density at radius 3 is 2.65 bits per heavy atom. The van der Waals surface area contributed by atoms with Crippen LogP contribution in [0.4, 0.5) is 5.82 Å². The fourth-order valence-corrected chi connectivity index (χ4v) is 3.14. The summed E-state index contributed by atoms with van der Waals surface area (Å²) in [5.74, 6) is 0.593. The highest BCUT2D eigenvalue weighted by Gasteiger charge is 2.23. The van der Waals surface area contributed by atoms with Crippen molar-refractivity contribution in [2.75, 3.05) is 45.2 Å². The van der Waals surface area contributed by atoms with E-state index in [1.165, 1.54) is 11.1 Å². The van der Waals surface area contributed by atoms with Gasteiger partial charge in [-0.2, -0.15) is 0 Å². The minimum absolute atomic E-state index is 0.0886. The van der Waals surface area contributed by atoms with Gasteiger partial charge in [0.05, 0.1) is 19.3 Å². The lowest BCUT2D eigenvalue weighted by Gasteiger charge is -2.35. The summed E-state index contributed by atoms with van der Waals surface area (Å²) in [6, 6.07) is 12.1. The Balaban J connectivity index is 1.72. The molecule has 3 rings (SSSR count). The molecule has 0 unspecified atom stereocenters. The smallest absolute Gasteiger partial charge is 0.251 e. The number of morpholine rings is 1. The number of nitrogens with one attached hydrogen (secondary N) is 2. The van der Waals surface area contributed by atoms with Gasteiger partial charge < -0.3 is 15.4 Å². The number of ether oxygens (including phenoxy) is 1. The summed E-state index contributed by atoms with van der Waals surface area (Å²) < 4.78 is 5.48. The lowest BCUT2D eigenvalue weighted by Crippen LogP contribution is -2.43. The molecule has 0 aliphatic carbocycles. The zero-order chi connectivity index (χ0) is 18.4. The fourth-order valence-electron chi connectivity index (χ4n) is 3.14. The summed E-state index contributed by atoms with van der Waals surface area (Å²) in [6.07, 6.45) is 1.64. The molecule has 1 saturated heterocycles. The Bertz CT molecular complexity index is 727. The monoisotopic (exact) mass is 354 g/mol. The van der Waals surface area contributed by atoms with Gasteiger partial charge in [-0.1, -0.05) is 29.8 Å². The van der Waals surface area contributed by atoms with Gasteiger partial charge in [0, 0.05) is 38.4 Å². The first kappa shape index (κ1) is 18.4. The number of aromatic nitrogens is 1. The molecule has 0 bridgehead atoms. The van der Waals surface area contributed by atoms with E-state index >= 15 is 0 Å². The van der Waals surface area contributed by atoms with Crippen molar-refractivity contribution in [3.8, 4) is 0 Å². The van der Waals surface area contributed by atoms with E-state index in [0.29, 0.717) is 17.9 Å². The fraction of sp³-hybridized carbons (Fsp3) is 0.400. The second-order valence-electron chi connectivity index (χ2n) is 6.46. The number of carbonyl (C=O) groups is 1. The van der Waals surface area contributed by atoms with Gasteiger partial charge in [-0.25, -0.2) is 4.98 Å². The van der Waals surface area contributed by atoms with Crippen LogP contribution in [0.3, 0.4) is 0 Å². The van der Waals surface area contributed by atoms with Crippen molar-refractivity contribution < 1.29 is 9.53 Å². The van der Waals surface area contributed by atoms with E-state index in [4.69, 9.17) is 4.74 Å². The summed E-state index contributed by atoms with van der Waals surface area (Å²) in [4.78, 5) is 19.1. The summed E-state index contributed by atoms with van der Waals surface area (Å²) in [6.45, 7) is 5.83. The van der Waals surface area contributed by atoms with Crippen molar-refractivity contribution in [1.29, 1.82) is 0 Å². The number of pyridine rings is 1. The largest absolute Gasteiger partial charge is 0.379 e. The van der Waals surface area contributed by atoms with Crippen molar-refractivity contribution in [2.45, 2.75) is 13.0 Å².